The van der Waals surface area contributed by atoms with E-state index in [2.05, 4.69) is 5.32 Å². The fraction of sp³-hybridized carbons (Fsp3) is 0. The van der Waals surface area contributed by atoms with Crippen molar-refractivity contribution in [1.82, 2.24) is 0 Å². The summed E-state index contributed by atoms with van der Waals surface area (Å²) < 4.78 is 17.6. The van der Waals surface area contributed by atoms with E-state index in [9.17, 15) is 9.18 Å². The highest BCUT2D eigenvalue weighted by Crippen LogP contribution is 2.12. The van der Waals surface area contributed by atoms with Crippen LogP contribution in [0.3, 0.4) is 0 Å². The maximum absolute atomic E-state index is 12.6. The SMILES string of the molecule is O=C(Nc1ccc(F)cc1)Oc1ccccc1. The Morgan fingerprint density at radius 2 is 1.65 bits per heavy atom. The summed E-state index contributed by atoms with van der Waals surface area (Å²) in [5.41, 5.74) is 0.479. The second kappa shape index (κ2) is 5.12. The van der Waals surface area contributed by atoms with E-state index >= 15 is 0 Å². The highest BCUT2D eigenvalue weighted by atomic mass is 19.1. The highest BCUT2D eigenvalue weighted by molar-refractivity contribution is 5.86. The first-order valence-corrected chi connectivity index (χ1v) is 5.03. The van der Waals surface area contributed by atoms with Crippen LogP contribution >= 0.6 is 0 Å². The molecule has 4 heteroatoms. The Morgan fingerprint density at radius 1 is 1.00 bits per heavy atom. The highest BCUT2D eigenvalue weighted by Gasteiger charge is 2.04. The number of carbonyl (C=O) groups is 1. The molecule has 0 bridgehead atoms. The molecule has 0 spiro atoms. The van der Waals surface area contributed by atoms with Crippen molar-refractivity contribution in [3.63, 3.8) is 0 Å². The van der Waals surface area contributed by atoms with Gasteiger partial charge in [0, 0.05) is 5.69 Å². The number of nitrogens with one attached hydrogen (secondary N) is 1. The van der Waals surface area contributed by atoms with Gasteiger partial charge in [0.15, 0.2) is 0 Å². The molecule has 0 saturated heterocycles. The molecule has 86 valence electrons. The van der Waals surface area contributed by atoms with Crippen molar-refractivity contribution in [2.75, 3.05) is 5.32 Å². The number of ether oxygens (including phenoxy) is 1. The van der Waals surface area contributed by atoms with E-state index in [1.807, 2.05) is 6.07 Å². The Hall–Kier alpha value is -2.36. The number of benzene rings is 2. The first kappa shape index (κ1) is 11.1. The number of anilines is 1. The van der Waals surface area contributed by atoms with Gasteiger partial charge in [0.1, 0.15) is 11.6 Å². The molecule has 0 fully saturated rings. The van der Waals surface area contributed by atoms with Crippen molar-refractivity contribution in [3.8, 4) is 5.75 Å². The van der Waals surface area contributed by atoms with E-state index in [0.29, 0.717) is 11.4 Å². The van der Waals surface area contributed by atoms with E-state index in [-0.39, 0.29) is 5.82 Å². The third kappa shape index (κ3) is 3.31. The second-order valence-electron chi connectivity index (χ2n) is 3.33. The maximum atomic E-state index is 12.6. The van der Waals surface area contributed by atoms with Crippen LogP contribution in [-0.2, 0) is 0 Å². The molecule has 1 amide bonds. The van der Waals surface area contributed by atoms with Gasteiger partial charge in [-0.2, -0.15) is 0 Å². The quantitative estimate of drug-likeness (QED) is 0.859. The van der Waals surface area contributed by atoms with Crippen LogP contribution in [0.25, 0.3) is 0 Å². The molecule has 0 aromatic heterocycles. The molecule has 0 aliphatic rings. The molecule has 0 atom stereocenters. The van der Waals surface area contributed by atoms with Crippen molar-refractivity contribution in [3.05, 3.63) is 60.4 Å². The zero-order valence-electron chi connectivity index (χ0n) is 8.89. The van der Waals surface area contributed by atoms with Crippen LogP contribution in [0.4, 0.5) is 14.9 Å². The Bertz CT molecular complexity index is 497. The molecule has 1 N–H and O–H groups in total. The minimum Gasteiger partial charge on any atom is -0.410 e. The molecule has 0 aliphatic carbocycles. The number of hydrogen-bond donors (Lipinski definition) is 1. The average Bonchev–Trinajstić information content (AvgIpc) is 2.33. The second-order valence-corrected chi connectivity index (χ2v) is 3.33. The zero-order valence-corrected chi connectivity index (χ0v) is 8.89. The fourth-order valence-corrected chi connectivity index (χ4v) is 1.27. The van der Waals surface area contributed by atoms with Crippen LogP contribution in [0.15, 0.2) is 54.6 Å². The average molecular weight is 231 g/mol. The summed E-state index contributed by atoms with van der Waals surface area (Å²) in [5.74, 6) is 0.0964. The summed E-state index contributed by atoms with van der Waals surface area (Å²) in [7, 11) is 0. The van der Waals surface area contributed by atoms with Crippen molar-refractivity contribution in [2.45, 2.75) is 0 Å². The van der Waals surface area contributed by atoms with Gasteiger partial charge in [-0.1, -0.05) is 18.2 Å². The maximum Gasteiger partial charge on any atom is 0.417 e. The largest absolute Gasteiger partial charge is 0.417 e. The van der Waals surface area contributed by atoms with Crippen molar-refractivity contribution in [2.24, 2.45) is 0 Å². The van der Waals surface area contributed by atoms with Gasteiger partial charge in [0.25, 0.3) is 0 Å². The number of hydrogen-bond acceptors (Lipinski definition) is 2. The molecule has 0 saturated carbocycles. The number of halogens is 1. The van der Waals surface area contributed by atoms with Crippen LogP contribution < -0.4 is 10.1 Å². The molecule has 2 aromatic rings. The first-order chi connectivity index (χ1) is 8.24. The summed E-state index contributed by atoms with van der Waals surface area (Å²) in [6.07, 6.45) is -0.609. The van der Waals surface area contributed by atoms with Crippen LogP contribution in [0.1, 0.15) is 0 Å². The Morgan fingerprint density at radius 3 is 2.29 bits per heavy atom. The molecule has 0 heterocycles. The molecule has 17 heavy (non-hydrogen) atoms. The number of carbonyl (C=O) groups excluding carboxylic acids is 1. The minimum absolute atomic E-state index is 0.355. The van der Waals surface area contributed by atoms with Crippen LogP contribution in [0, 0.1) is 5.82 Å². The van der Waals surface area contributed by atoms with Crippen LogP contribution in [0.5, 0.6) is 5.75 Å². The van der Waals surface area contributed by atoms with Gasteiger partial charge >= 0.3 is 6.09 Å². The van der Waals surface area contributed by atoms with E-state index in [1.165, 1.54) is 24.3 Å². The molecule has 3 nitrogen and oxygen atoms in total. The third-order valence-corrected chi connectivity index (χ3v) is 2.04. The van der Waals surface area contributed by atoms with Gasteiger partial charge < -0.3 is 4.74 Å². The van der Waals surface area contributed by atoms with Crippen molar-refractivity contribution < 1.29 is 13.9 Å². The predicted molar refractivity (Wildman–Crippen MR) is 62.5 cm³/mol. The topological polar surface area (TPSA) is 38.3 Å². The van der Waals surface area contributed by atoms with E-state index < -0.39 is 6.09 Å². The van der Waals surface area contributed by atoms with E-state index in [4.69, 9.17) is 4.74 Å². The van der Waals surface area contributed by atoms with E-state index in [0.717, 1.165) is 0 Å². The summed E-state index contributed by atoms with van der Waals surface area (Å²) in [4.78, 5) is 11.4. The molecule has 2 aromatic carbocycles. The number of rotatable bonds is 2. The lowest BCUT2D eigenvalue weighted by atomic mass is 10.3. The number of amides is 1. The molecule has 0 aliphatic heterocycles. The normalized spacial score (nSPS) is 9.71. The Labute approximate surface area is 97.8 Å². The molecular weight excluding hydrogens is 221 g/mol. The van der Waals surface area contributed by atoms with Gasteiger partial charge in [-0.3, -0.25) is 5.32 Å². The minimum atomic E-state index is -0.609. The number of para-hydroxylation sites is 1. The fourth-order valence-electron chi connectivity index (χ4n) is 1.27. The third-order valence-electron chi connectivity index (χ3n) is 2.04. The van der Waals surface area contributed by atoms with Gasteiger partial charge in [-0.05, 0) is 36.4 Å². The summed E-state index contributed by atoms with van der Waals surface area (Å²) in [5, 5.41) is 2.49. The lowest BCUT2D eigenvalue weighted by molar-refractivity contribution is 0.215. The first-order valence-electron chi connectivity index (χ1n) is 5.03. The molecule has 0 unspecified atom stereocenters. The lowest BCUT2D eigenvalue weighted by Gasteiger charge is -2.06. The van der Waals surface area contributed by atoms with Gasteiger partial charge in [-0.25, -0.2) is 9.18 Å². The van der Waals surface area contributed by atoms with Gasteiger partial charge in [-0.15, -0.1) is 0 Å². The predicted octanol–water partition coefficient (Wildman–Crippen LogP) is 3.44. The smallest absolute Gasteiger partial charge is 0.410 e. The summed E-state index contributed by atoms with van der Waals surface area (Å²) in [6, 6.07) is 14.1. The van der Waals surface area contributed by atoms with Crippen LogP contribution in [-0.4, -0.2) is 6.09 Å². The van der Waals surface area contributed by atoms with Crippen molar-refractivity contribution >= 4 is 11.8 Å². The van der Waals surface area contributed by atoms with E-state index in [1.54, 1.807) is 24.3 Å². The zero-order chi connectivity index (χ0) is 12.1. The molecular formula is C13H10FNO2. The molecule has 2 rings (SSSR count). The summed E-state index contributed by atoms with van der Waals surface area (Å²) >= 11 is 0. The van der Waals surface area contributed by atoms with Crippen molar-refractivity contribution in [1.29, 1.82) is 0 Å². The summed E-state index contributed by atoms with van der Waals surface area (Å²) in [6.45, 7) is 0. The van der Waals surface area contributed by atoms with Crippen LogP contribution in [0.2, 0.25) is 0 Å². The van der Waals surface area contributed by atoms with Gasteiger partial charge in [0.05, 0.1) is 0 Å². The monoisotopic (exact) mass is 231 g/mol. The Balaban J connectivity index is 1.96. The Kier molecular flexibility index (Phi) is 3.35. The lowest BCUT2D eigenvalue weighted by Crippen LogP contribution is -2.16. The standard InChI is InChI=1S/C13H10FNO2/c14-10-6-8-11(9-7-10)15-13(16)17-12-4-2-1-3-5-12/h1-9H,(H,15,16). The molecule has 0 radical (unpaired) electrons. The van der Waals surface area contributed by atoms with Gasteiger partial charge in [0.2, 0.25) is 0 Å².